The van der Waals surface area contributed by atoms with Crippen molar-refractivity contribution in [1.29, 1.82) is 0 Å². The van der Waals surface area contributed by atoms with Crippen molar-refractivity contribution in [2.45, 2.75) is 46.1 Å². The maximum Gasteiger partial charge on any atom is 0.235 e. The Labute approximate surface area is 125 Å². The molecule has 1 aromatic carbocycles. The Morgan fingerprint density at radius 1 is 1.24 bits per heavy atom. The van der Waals surface area contributed by atoms with Gasteiger partial charge in [0.1, 0.15) is 0 Å². The van der Waals surface area contributed by atoms with Crippen molar-refractivity contribution >= 4 is 11.8 Å². The lowest BCUT2D eigenvalue weighted by atomic mass is 9.92. The van der Waals surface area contributed by atoms with E-state index in [2.05, 4.69) is 6.92 Å². The minimum atomic E-state index is -0.831. The molecule has 0 aromatic heterocycles. The summed E-state index contributed by atoms with van der Waals surface area (Å²) in [6.45, 7) is 5.68. The van der Waals surface area contributed by atoms with Crippen molar-refractivity contribution in [3.8, 4) is 0 Å². The van der Waals surface area contributed by atoms with E-state index >= 15 is 0 Å². The molecular formula is C17H23NO3. The first-order valence-electron chi connectivity index (χ1n) is 7.47. The molecule has 1 aromatic rings. The minimum absolute atomic E-state index is 0.0359. The highest BCUT2D eigenvalue weighted by Crippen LogP contribution is 2.32. The number of benzene rings is 1. The summed E-state index contributed by atoms with van der Waals surface area (Å²) < 4.78 is 0. The van der Waals surface area contributed by atoms with Crippen LogP contribution in [0.4, 0.5) is 0 Å². The quantitative estimate of drug-likeness (QED) is 0.847. The molecule has 1 aliphatic rings. The molecule has 21 heavy (non-hydrogen) atoms. The predicted octanol–water partition coefficient (Wildman–Crippen LogP) is 2.46. The van der Waals surface area contributed by atoms with Crippen molar-refractivity contribution in [2.75, 3.05) is 6.54 Å². The van der Waals surface area contributed by atoms with E-state index in [0.717, 1.165) is 18.4 Å². The van der Waals surface area contributed by atoms with Crippen molar-refractivity contribution in [2.24, 2.45) is 5.41 Å². The van der Waals surface area contributed by atoms with Crippen LogP contribution < -0.4 is 0 Å². The van der Waals surface area contributed by atoms with Gasteiger partial charge >= 0.3 is 0 Å². The van der Waals surface area contributed by atoms with Crippen LogP contribution in [0.1, 0.15) is 50.8 Å². The lowest BCUT2D eigenvalue weighted by Crippen LogP contribution is -2.36. The SMILES string of the molecule is CCCc1ccc(C(O)CN2C(=O)CC(C)(C)C2=O)cc1. The second-order valence-electron chi connectivity index (χ2n) is 6.38. The molecule has 0 spiro atoms. The van der Waals surface area contributed by atoms with Gasteiger partial charge < -0.3 is 5.11 Å². The number of β-amino-alcohol motifs (C(OH)–C–C–N with tert-alkyl or cyclic N) is 1. The van der Waals surface area contributed by atoms with Crippen molar-refractivity contribution < 1.29 is 14.7 Å². The smallest absolute Gasteiger partial charge is 0.235 e. The Balaban J connectivity index is 2.06. The third-order valence-electron chi connectivity index (χ3n) is 3.98. The number of aliphatic hydroxyl groups excluding tert-OH is 1. The molecule has 2 rings (SSSR count). The van der Waals surface area contributed by atoms with Crippen molar-refractivity contribution in [3.05, 3.63) is 35.4 Å². The number of amides is 2. The summed E-state index contributed by atoms with van der Waals surface area (Å²) >= 11 is 0. The van der Waals surface area contributed by atoms with Crippen LogP contribution in [-0.4, -0.2) is 28.4 Å². The number of aryl methyl sites for hydroxylation is 1. The molecule has 4 heteroatoms. The standard InChI is InChI=1S/C17H23NO3/c1-4-5-12-6-8-13(9-7-12)14(19)11-18-15(20)10-17(2,3)16(18)21/h6-9,14,19H,4-5,10-11H2,1-3H3. The Morgan fingerprint density at radius 2 is 1.86 bits per heavy atom. The molecule has 1 aliphatic heterocycles. The molecule has 0 aliphatic carbocycles. The van der Waals surface area contributed by atoms with E-state index in [-0.39, 0.29) is 24.8 Å². The number of carbonyl (C=O) groups excluding carboxylic acids is 2. The molecule has 1 N–H and O–H groups in total. The van der Waals surface area contributed by atoms with E-state index in [0.29, 0.717) is 0 Å². The first-order valence-corrected chi connectivity index (χ1v) is 7.47. The molecule has 0 saturated carbocycles. The maximum atomic E-state index is 12.1. The molecule has 1 fully saturated rings. The molecule has 0 bridgehead atoms. The zero-order chi connectivity index (χ0) is 15.6. The average Bonchev–Trinajstić information content (AvgIpc) is 2.62. The Morgan fingerprint density at radius 3 is 2.33 bits per heavy atom. The van der Waals surface area contributed by atoms with Crippen LogP contribution in [0.3, 0.4) is 0 Å². The summed E-state index contributed by atoms with van der Waals surface area (Å²) in [4.78, 5) is 25.2. The van der Waals surface area contributed by atoms with Gasteiger partial charge in [0.05, 0.1) is 18.1 Å². The fraction of sp³-hybridized carbons (Fsp3) is 0.529. The van der Waals surface area contributed by atoms with Gasteiger partial charge in [-0.25, -0.2) is 0 Å². The minimum Gasteiger partial charge on any atom is -0.387 e. The fourth-order valence-electron chi connectivity index (χ4n) is 2.69. The van der Waals surface area contributed by atoms with E-state index in [4.69, 9.17) is 0 Å². The molecule has 1 atom stereocenters. The summed E-state index contributed by atoms with van der Waals surface area (Å²) in [5.74, 6) is -0.402. The molecular weight excluding hydrogens is 266 g/mol. The second kappa shape index (κ2) is 5.98. The number of rotatable bonds is 5. The molecule has 114 valence electrons. The number of aliphatic hydroxyl groups is 1. The van der Waals surface area contributed by atoms with Gasteiger partial charge in [-0.1, -0.05) is 51.5 Å². The van der Waals surface area contributed by atoms with Gasteiger partial charge in [-0.3, -0.25) is 14.5 Å². The highest BCUT2D eigenvalue weighted by molar-refractivity contribution is 6.05. The summed E-state index contributed by atoms with van der Waals surface area (Å²) in [5, 5.41) is 10.3. The number of carbonyl (C=O) groups is 2. The van der Waals surface area contributed by atoms with E-state index in [1.165, 1.54) is 10.5 Å². The van der Waals surface area contributed by atoms with Gasteiger partial charge in [0, 0.05) is 6.42 Å². The number of imide groups is 1. The van der Waals surface area contributed by atoms with Crippen LogP contribution in [0.2, 0.25) is 0 Å². The summed E-state index contributed by atoms with van der Waals surface area (Å²) in [5.41, 5.74) is 1.31. The first-order chi connectivity index (χ1) is 9.85. The lowest BCUT2D eigenvalue weighted by Gasteiger charge is -2.21. The van der Waals surface area contributed by atoms with Crippen LogP contribution in [0.15, 0.2) is 24.3 Å². The van der Waals surface area contributed by atoms with Crippen LogP contribution in [0.5, 0.6) is 0 Å². The number of likely N-dealkylation sites (tertiary alicyclic amines) is 1. The van der Waals surface area contributed by atoms with Crippen LogP contribution in [0.25, 0.3) is 0 Å². The summed E-state index contributed by atoms with van der Waals surface area (Å²) in [6, 6.07) is 7.71. The Hall–Kier alpha value is -1.68. The van der Waals surface area contributed by atoms with Gasteiger partial charge in [-0.2, -0.15) is 0 Å². The zero-order valence-electron chi connectivity index (χ0n) is 12.9. The second-order valence-corrected chi connectivity index (χ2v) is 6.38. The predicted molar refractivity (Wildman–Crippen MR) is 80.5 cm³/mol. The average molecular weight is 289 g/mol. The zero-order valence-corrected chi connectivity index (χ0v) is 12.9. The molecule has 2 amide bonds. The Bertz CT molecular complexity index is 533. The van der Waals surface area contributed by atoms with Crippen LogP contribution >= 0.6 is 0 Å². The third kappa shape index (κ3) is 3.32. The normalized spacial score (nSPS) is 19.1. The fourth-order valence-corrected chi connectivity index (χ4v) is 2.69. The molecule has 1 unspecified atom stereocenters. The van der Waals surface area contributed by atoms with Gasteiger partial charge in [0.25, 0.3) is 0 Å². The van der Waals surface area contributed by atoms with Crippen LogP contribution in [0, 0.1) is 5.41 Å². The van der Waals surface area contributed by atoms with E-state index in [9.17, 15) is 14.7 Å². The maximum absolute atomic E-state index is 12.1. The highest BCUT2D eigenvalue weighted by atomic mass is 16.3. The number of nitrogens with zero attached hydrogens (tertiary/aromatic N) is 1. The van der Waals surface area contributed by atoms with Gasteiger partial charge in [0.15, 0.2) is 0 Å². The molecule has 1 heterocycles. The van der Waals surface area contributed by atoms with E-state index < -0.39 is 11.5 Å². The molecule has 0 radical (unpaired) electrons. The topological polar surface area (TPSA) is 57.6 Å². The highest BCUT2D eigenvalue weighted by Gasteiger charge is 2.45. The van der Waals surface area contributed by atoms with Crippen LogP contribution in [-0.2, 0) is 16.0 Å². The van der Waals surface area contributed by atoms with Gasteiger partial charge in [0.2, 0.25) is 11.8 Å². The summed E-state index contributed by atoms with van der Waals surface area (Å²) in [6.07, 6.45) is 1.47. The molecule has 4 nitrogen and oxygen atoms in total. The monoisotopic (exact) mass is 289 g/mol. The van der Waals surface area contributed by atoms with Crippen molar-refractivity contribution in [3.63, 3.8) is 0 Å². The third-order valence-corrected chi connectivity index (χ3v) is 3.98. The van der Waals surface area contributed by atoms with Gasteiger partial charge in [-0.15, -0.1) is 0 Å². The number of hydrogen-bond donors (Lipinski definition) is 1. The van der Waals surface area contributed by atoms with Gasteiger partial charge in [-0.05, 0) is 17.5 Å². The number of hydrogen-bond acceptors (Lipinski definition) is 3. The largest absolute Gasteiger partial charge is 0.387 e. The van der Waals surface area contributed by atoms with Crippen molar-refractivity contribution in [1.82, 2.24) is 4.90 Å². The molecule has 1 saturated heterocycles. The lowest BCUT2D eigenvalue weighted by molar-refractivity contribution is -0.142. The van der Waals surface area contributed by atoms with E-state index in [1.54, 1.807) is 13.8 Å². The Kier molecular flexibility index (Phi) is 4.47. The first kappa shape index (κ1) is 15.7. The van der Waals surface area contributed by atoms with E-state index in [1.807, 2.05) is 24.3 Å². The summed E-state index contributed by atoms with van der Waals surface area (Å²) in [7, 11) is 0.